The number of carbonyl (C=O) groups is 1. The highest BCUT2D eigenvalue weighted by Gasteiger charge is 2.29. The van der Waals surface area contributed by atoms with Crippen LogP contribution in [0.5, 0.6) is 0 Å². The van der Waals surface area contributed by atoms with Gasteiger partial charge in [0.05, 0.1) is 12.8 Å². The molecule has 0 bridgehead atoms. The van der Waals surface area contributed by atoms with Crippen LogP contribution in [0, 0.1) is 5.95 Å². The van der Waals surface area contributed by atoms with Crippen molar-refractivity contribution in [2.24, 2.45) is 0 Å². The van der Waals surface area contributed by atoms with Crippen molar-refractivity contribution in [2.75, 3.05) is 0 Å². The third-order valence-electron chi connectivity index (χ3n) is 3.87. The molecule has 1 amide bonds. The van der Waals surface area contributed by atoms with Crippen LogP contribution in [0.15, 0.2) is 41.0 Å². The van der Waals surface area contributed by atoms with Crippen LogP contribution in [0.1, 0.15) is 41.9 Å². The summed E-state index contributed by atoms with van der Waals surface area (Å²) in [4.78, 5) is 18.1. The maximum Gasteiger partial charge on any atom is 0.273 e. The maximum atomic E-state index is 13.2. The molecule has 2 aromatic rings. The van der Waals surface area contributed by atoms with Gasteiger partial charge in [0.1, 0.15) is 11.5 Å². The minimum Gasteiger partial charge on any atom is -0.467 e. The van der Waals surface area contributed by atoms with Gasteiger partial charge < -0.3 is 9.32 Å². The number of pyridine rings is 1. The molecule has 3 rings (SSSR count). The summed E-state index contributed by atoms with van der Waals surface area (Å²) < 4.78 is 18.6. The van der Waals surface area contributed by atoms with Crippen LogP contribution in [0.4, 0.5) is 4.39 Å². The lowest BCUT2D eigenvalue weighted by Crippen LogP contribution is -2.38. The molecule has 0 aliphatic heterocycles. The summed E-state index contributed by atoms with van der Waals surface area (Å²) in [7, 11) is 0. The van der Waals surface area contributed by atoms with Gasteiger partial charge in [0, 0.05) is 6.04 Å². The lowest BCUT2D eigenvalue weighted by molar-refractivity contribution is 0.0641. The van der Waals surface area contributed by atoms with Crippen LogP contribution in [-0.2, 0) is 6.54 Å². The third kappa shape index (κ3) is 3.12. The highest BCUT2D eigenvalue weighted by molar-refractivity contribution is 5.92. The number of furan rings is 1. The number of aromatic nitrogens is 1. The maximum absolute atomic E-state index is 13.2. The monoisotopic (exact) mass is 288 g/mol. The van der Waals surface area contributed by atoms with Crippen LogP contribution < -0.4 is 0 Å². The number of rotatable bonds is 4. The molecule has 2 heterocycles. The molecule has 0 atom stereocenters. The number of hydrogen-bond donors (Lipinski definition) is 0. The molecule has 0 saturated heterocycles. The zero-order valence-corrected chi connectivity index (χ0v) is 11.7. The highest BCUT2D eigenvalue weighted by atomic mass is 19.1. The van der Waals surface area contributed by atoms with Gasteiger partial charge >= 0.3 is 0 Å². The molecule has 5 heteroatoms. The molecule has 1 saturated carbocycles. The van der Waals surface area contributed by atoms with Gasteiger partial charge in [-0.15, -0.1) is 0 Å². The Morgan fingerprint density at radius 3 is 2.76 bits per heavy atom. The van der Waals surface area contributed by atoms with Crippen molar-refractivity contribution in [3.63, 3.8) is 0 Å². The minimum absolute atomic E-state index is 0.147. The minimum atomic E-state index is -0.634. The predicted molar refractivity (Wildman–Crippen MR) is 75.0 cm³/mol. The van der Waals surface area contributed by atoms with E-state index < -0.39 is 5.95 Å². The average Bonchev–Trinajstić information content (AvgIpc) is 3.17. The van der Waals surface area contributed by atoms with Gasteiger partial charge in [0.25, 0.3) is 5.91 Å². The first-order valence-electron chi connectivity index (χ1n) is 7.20. The summed E-state index contributed by atoms with van der Waals surface area (Å²) in [5.41, 5.74) is 0.147. The van der Waals surface area contributed by atoms with Crippen molar-refractivity contribution >= 4 is 5.91 Å². The number of carbonyl (C=O) groups excluding carboxylic acids is 1. The van der Waals surface area contributed by atoms with Crippen LogP contribution in [-0.4, -0.2) is 21.8 Å². The van der Waals surface area contributed by atoms with Crippen LogP contribution in [0.2, 0.25) is 0 Å². The Labute approximate surface area is 122 Å². The molecule has 0 unspecified atom stereocenters. The fraction of sp³-hybridized carbons (Fsp3) is 0.375. The Hall–Kier alpha value is -2.17. The molecule has 0 N–H and O–H groups in total. The van der Waals surface area contributed by atoms with Crippen LogP contribution in [0.25, 0.3) is 0 Å². The number of nitrogens with zero attached hydrogens (tertiary/aromatic N) is 2. The Balaban J connectivity index is 1.85. The molecular formula is C16H17FN2O2. The van der Waals surface area contributed by atoms with E-state index in [1.807, 2.05) is 6.07 Å². The molecule has 110 valence electrons. The summed E-state index contributed by atoms with van der Waals surface area (Å²) in [5.74, 6) is -0.144. The molecule has 0 radical (unpaired) electrons. The second-order valence-corrected chi connectivity index (χ2v) is 5.30. The topological polar surface area (TPSA) is 46.3 Å². The first-order valence-corrected chi connectivity index (χ1v) is 7.20. The molecular weight excluding hydrogens is 271 g/mol. The number of hydrogen-bond acceptors (Lipinski definition) is 3. The molecule has 2 aromatic heterocycles. The molecule has 4 nitrogen and oxygen atoms in total. The van der Waals surface area contributed by atoms with Gasteiger partial charge in [-0.05, 0) is 37.1 Å². The largest absolute Gasteiger partial charge is 0.467 e. The van der Waals surface area contributed by atoms with Gasteiger partial charge in [-0.3, -0.25) is 4.79 Å². The van der Waals surface area contributed by atoms with Crippen molar-refractivity contribution in [2.45, 2.75) is 38.3 Å². The zero-order valence-electron chi connectivity index (χ0n) is 11.7. The van der Waals surface area contributed by atoms with Crippen molar-refractivity contribution < 1.29 is 13.6 Å². The van der Waals surface area contributed by atoms with Gasteiger partial charge in [0.15, 0.2) is 0 Å². The summed E-state index contributed by atoms with van der Waals surface area (Å²) in [5, 5.41) is 0. The highest BCUT2D eigenvalue weighted by Crippen LogP contribution is 2.26. The molecule has 1 aliphatic carbocycles. The molecule has 0 spiro atoms. The molecule has 1 aliphatic rings. The lowest BCUT2D eigenvalue weighted by Gasteiger charge is -2.27. The Bertz CT molecular complexity index is 606. The van der Waals surface area contributed by atoms with E-state index in [1.54, 1.807) is 23.3 Å². The average molecular weight is 288 g/mol. The summed E-state index contributed by atoms with van der Waals surface area (Å²) in [6.45, 7) is 0.398. The van der Waals surface area contributed by atoms with E-state index in [-0.39, 0.29) is 17.6 Å². The van der Waals surface area contributed by atoms with Gasteiger partial charge in [-0.2, -0.15) is 4.39 Å². The third-order valence-corrected chi connectivity index (χ3v) is 3.87. The predicted octanol–water partition coefficient (Wildman–Crippen LogP) is 3.40. The first kappa shape index (κ1) is 13.8. The summed E-state index contributed by atoms with van der Waals surface area (Å²) in [6.07, 6.45) is 5.77. The molecule has 1 fully saturated rings. The van der Waals surface area contributed by atoms with E-state index in [9.17, 15) is 9.18 Å². The number of halogens is 1. The standard InChI is InChI=1S/C16H17FN2O2/c17-15-9-3-8-14(18-15)16(20)19(12-5-1-2-6-12)11-13-7-4-10-21-13/h3-4,7-10,12H,1-2,5-6,11H2. The van der Waals surface area contributed by atoms with E-state index in [2.05, 4.69) is 4.98 Å². The van der Waals surface area contributed by atoms with Crippen LogP contribution >= 0.6 is 0 Å². The van der Waals surface area contributed by atoms with Gasteiger partial charge in [0.2, 0.25) is 5.95 Å². The SMILES string of the molecule is O=C(c1cccc(F)n1)N(Cc1ccco1)C1CCCC1. The number of amides is 1. The Morgan fingerprint density at radius 2 is 2.10 bits per heavy atom. The van der Waals surface area contributed by atoms with Crippen molar-refractivity contribution in [1.29, 1.82) is 0 Å². The van der Waals surface area contributed by atoms with Crippen LogP contribution in [0.3, 0.4) is 0 Å². The van der Waals surface area contributed by atoms with E-state index in [0.29, 0.717) is 6.54 Å². The van der Waals surface area contributed by atoms with E-state index in [1.165, 1.54) is 12.1 Å². The van der Waals surface area contributed by atoms with Gasteiger partial charge in [-0.25, -0.2) is 4.98 Å². The fourth-order valence-corrected chi connectivity index (χ4v) is 2.83. The second kappa shape index (κ2) is 6.08. The van der Waals surface area contributed by atoms with Crippen molar-refractivity contribution in [3.8, 4) is 0 Å². The summed E-state index contributed by atoms with van der Waals surface area (Å²) in [6, 6.07) is 8.11. The van der Waals surface area contributed by atoms with E-state index in [4.69, 9.17) is 4.42 Å². The summed E-state index contributed by atoms with van der Waals surface area (Å²) >= 11 is 0. The van der Waals surface area contributed by atoms with Gasteiger partial charge in [-0.1, -0.05) is 18.9 Å². The molecule has 21 heavy (non-hydrogen) atoms. The Morgan fingerprint density at radius 1 is 1.29 bits per heavy atom. The second-order valence-electron chi connectivity index (χ2n) is 5.30. The smallest absolute Gasteiger partial charge is 0.273 e. The normalized spacial score (nSPS) is 15.3. The quantitative estimate of drug-likeness (QED) is 0.810. The lowest BCUT2D eigenvalue weighted by atomic mass is 10.1. The molecule has 0 aromatic carbocycles. The Kier molecular flexibility index (Phi) is 3.99. The van der Waals surface area contributed by atoms with Crippen molar-refractivity contribution in [1.82, 2.24) is 9.88 Å². The van der Waals surface area contributed by atoms with Crippen molar-refractivity contribution in [3.05, 3.63) is 54.0 Å². The zero-order chi connectivity index (χ0) is 14.7. The van der Waals surface area contributed by atoms with E-state index >= 15 is 0 Å². The van der Waals surface area contributed by atoms with E-state index in [0.717, 1.165) is 31.4 Å². The first-order chi connectivity index (χ1) is 10.2. The fourth-order valence-electron chi connectivity index (χ4n) is 2.83.